The van der Waals surface area contributed by atoms with Crippen LogP contribution in [0.15, 0.2) is 30.3 Å². The summed E-state index contributed by atoms with van der Waals surface area (Å²) in [5.41, 5.74) is 1.09. The van der Waals surface area contributed by atoms with E-state index in [-0.39, 0.29) is 11.0 Å². The maximum Gasteiger partial charge on any atom is 0.164 e. The molecule has 0 aliphatic rings. The number of hydrogen-bond donors (Lipinski definition) is 1. The Balaban J connectivity index is 2.96. The van der Waals surface area contributed by atoms with E-state index < -0.39 is 0 Å². The predicted octanol–water partition coefficient (Wildman–Crippen LogP) is 3.31. The average Bonchev–Trinajstić information content (AvgIpc) is 2.04. The third-order valence-corrected chi connectivity index (χ3v) is 2.35. The lowest BCUT2D eigenvalue weighted by Crippen LogP contribution is -2.15. The molecule has 1 aromatic carbocycles. The molecule has 2 heteroatoms. The van der Waals surface area contributed by atoms with Gasteiger partial charge >= 0.3 is 0 Å². The van der Waals surface area contributed by atoms with Crippen LogP contribution in [0.3, 0.4) is 0 Å². The molecule has 0 heterocycles. The topological polar surface area (TPSA) is 20.2 Å². The molecular weight excluding hydrogens is 180 g/mol. The van der Waals surface area contributed by atoms with Crippen LogP contribution in [-0.2, 0) is 0 Å². The number of aliphatic hydroxyl groups is 1. The molecule has 0 aliphatic heterocycles. The van der Waals surface area contributed by atoms with E-state index in [1.54, 1.807) is 0 Å². The Bertz CT molecular complexity index is 279. The Morgan fingerprint density at radius 2 is 1.77 bits per heavy atom. The summed E-state index contributed by atoms with van der Waals surface area (Å²) in [6.07, 6.45) is 0. The van der Waals surface area contributed by atoms with Gasteiger partial charge in [-0.2, -0.15) is 0 Å². The number of benzene rings is 1. The van der Waals surface area contributed by atoms with Gasteiger partial charge in [-0.1, -0.05) is 44.2 Å². The minimum Gasteiger partial charge on any atom is -0.502 e. The van der Waals surface area contributed by atoms with Gasteiger partial charge in [0.15, 0.2) is 5.05 Å². The van der Waals surface area contributed by atoms with Crippen LogP contribution in [0, 0.1) is 5.92 Å². The molecule has 0 fully saturated rings. The van der Waals surface area contributed by atoms with Crippen LogP contribution in [-0.4, -0.2) is 10.2 Å². The summed E-state index contributed by atoms with van der Waals surface area (Å²) in [6.45, 7) is 4.11. The Labute approximate surface area is 84.4 Å². The molecule has 0 spiro atoms. The first-order valence-electron chi connectivity index (χ1n) is 4.40. The third-order valence-electron chi connectivity index (χ3n) is 2.09. The molecule has 1 unspecified atom stereocenters. The first-order valence-corrected chi connectivity index (χ1v) is 4.81. The Kier molecular flexibility index (Phi) is 3.43. The molecule has 1 nitrogen and oxygen atoms in total. The largest absolute Gasteiger partial charge is 0.502 e. The van der Waals surface area contributed by atoms with Crippen LogP contribution >= 0.6 is 12.2 Å². The van der Waals surface area contributed by atoms with Gasteiger partial charge < -0.3 is 5.11 Å². The molecule has 0 saturated heterocycles. The highest BCUT2D eigenvalue weighted by atomic mass is 32.1. The Hall–Kier alpha value is -0.890. The smallest absolute Gasteiger partial charge is 0.164 e. The molecule has 13 heavy (non-hydrogen) atoms. The zero-order chi connectivity index (χ0) is 9.84. The van der Waals surface area contributed by atoms with Crippen LogP contribution in [0.2, 0.25) is 0 Å². The average molecular weight is 194 g/mol. The van der Waals surface area contributed by atoms with Gasteiger partial charge in [0, 0.05) is 0 Å². The van der Waals surface area contributed by atoms with E-state index in [9.17, 15) is 5.11 Å². The standard InChI is InChI=1S/C11H14OS/c1-8(2)10(11(12)13)9-6-4-3-5-7-9/h3-8,10H,1-2H3,(H,12,13). The van der Waals surface area contributed by atoms with Crippen LogP contribution in [0.4, 0.5) is 0 Å². The van der Waals surface area contributed by atoms with Crippen molar-refractivity contribution >= 4 is 17.3 Å². The summed E-state index contributed by atoms with van der Waals surface area (Å²) in [4.78, 5) is 0. The van der Waals surface area contributed by atoms with Gasteiger partial charge in [0.05, 0.1) is 5.92 Å². The highest BCUT2D eigenvalue weighted by Crippen LogP contribution is 2.24. The molecule has 0 aliphatic carbocycles. The van der Waals surface area contributed by atoms with E-state index in [1.807, 2.05) is 30.3 Å². The molecular formula is C11H14OS. The zero-order valence-electron chi connectivity index (χ0n) is 7.90. The third kappa shape index (κ3) is 2.52. The summed E-state index contributed by atoms with van der Waals surface area (Å²) in [7, 11) is 0. The van der Waals surface area contributed by atoms with Crippen molar-refractivity contribution in [2.24, 2.45) is 5.92 Å². The van der Waals surface area contributed by atoms with E-state index in [0.717, 1.165) is 5.56 Å². The lowest BCUT2D eigenvalue weighted by atomic mass is 9.89. The fourth-order valence-corrected chi connectivity index (χ4v) is 1.88. The molecule has 1 aromatic rings. The molecule has 1 atom stereocenters. The van der Waals surface area contributed by atoms with Crippen molar-refractivity contribution in [1.82, 2.24) is 0 Å². The van der Waals surface area contributed by atoms with Gasteiger partial charge in [0.25, 0.3) is 0 Å². The second-order valence-electron chi connectivity index (χ2n) is 3.47. The van der Waals surface area contributed by atoms with E-state index in [4.69, 9.17) is 12.2 Å². The molecule has 1 rings (SSSR count). The molecule has 1 N–H and O–H groups in total. The first kappa shape index (κ1) is 10.2. The number of aliphatic hydroxyl groups excluding tert-OH is 1. The van der Waals surface area contributed by atoms with Crippen molar-refractivity contribution in [3.05, 3.63) is 35.9 Å². The van der Waals surface area contributed by atoms with Gasteiger partial charge in [0.2, 0.25) is 0 Å². The van der Waals surface area contributed by atoms with Crippen LogP contribution in [0.5, 0.6) is 0 Å². The zero-order valence-corrected chi connectivity index (χ0v) is 8.71. The highest BCUT2D eigenvalue weighted by Gasteiger charge is 2.19. The van der Waals surface area contributed by atoms with E-state index in [0.29, 0.717) is 5.92 Å². The lowest BCUT2D eigenvalue weighted by Gasteiger charge is -2.18. The van der Waals surface area contributed by atoms with Crippen molar-refractivity contribution in [2.45, 2.75) is 19.8 Å². The van der Waals surface area contributed by atoms with E-state index in [1.165, 1.54) is 0 Å². The van der Waals surface area contributed by atoms with Crippen molar-refractivity contribution in [2.75, 3.05) is 0 Å². The summed E-state index contributed by atoms with van der Waals surface area (Å²) in [5.74, 6) is 0.316. The van der Waals surface area contributed by atoms with E-state index >= 15 is 0 Å². The van der Waals surface area contributed by atoms with Crippen molar-refractivity contribution in [3.63, 3.8) is 0 Å². The second-order valence-corrected chi connectivity index (χ2v) is 3.89. The van der Waals surface area contributed by atoms with Gasteiger partial charge in [-0.25, -0.2) is 0 Å². The summed E-state index contributed by atoms with van der Waals surface area (Å²) in [5, 5.41) is 9.45. The van der Waals surface area contributed by atoms with Gasteiger partial charge in [-0.15, -0.1) is 0 Å². The van der Waals surface area contributed by atoms with Gasteiger partial charge in [-0.05, 0) is 23.7 Å². The van der Waals surface area contributed by atoms with Crippen LogP contribution in [0.25, 0.3) is 0 Å². The predicted molar refractivity (Wildman–Crippen MR) is 59.2 cm³/mol. The summed E-state index contributed by atoms with van der Waals surface area (Å²) < 4.78 is 0. The summed E-state index contributed by atoms with van der Waals surface area (Å²) in [6, 6.07) is 9.87. The maximum absolute atomic E-state index is 9.37. The van der Waals surface area contributed by atoms with E-state index in [2.05, 4.69) is 13.8 Å². The molecule has 0 bridgehead atoms. The Morgan fingerprint density at radius 3 is 2.15 bits per heavy atom. The summed E-state index contributed by atoms with van der Waals surface area (Å²) >= 11 is 4.83. The molecule has 0 aromatic heterocycles. The van der Waals surface area contributed by atoms with Gasteiger partial charge in [-0.3, -0.25) is 0 Å². The normalized spacial score (nSPS) is 12.8. The quantitative estimate of drug-likeness (QED) is 0.745. The molecule has 0 saturated carbocycles. The van der Waals surface area contributed by atoms with Crippen LogP contribution in [0.1, 0.15) is 25.3 Å². The maximum atomic E-state index is 9.37. The number of rotatable bonds is 3. The van der Waals surface area contributed by atoms with Crippen molar-refractivity contribution < 1.29 is 5.11 Å². The minimum absolute atomic E-state index is 0.0174. The SMILES string of the molecule is CC(C)C(C(O)=S)c1ccccc1. The first-order chi connectivity index (χ1) is 6.13. The molecule has 70 valence electrons. The number of hydrogen-bond acceptors (Lipinski definition) is 1. The Morgan fingerprint density at radius 1 is 1.23 bits per heavy atom. The van der Waals surface area contributed by atoms with Gasteiger partial charge in [0.1, 0.15) is 0 Å². The lowest BCUT2D eigenvalue weighted by molar-refractivity contribution is 0.484. The molecule has 0 radical (unpaired) electrons. The van der Waals surface area contributed by atoms with Crippen molar-refractivity contribution in [3.8, 4) is 0 Å². The number of thiocarbonyl (C=S) groups is 1. The second kappa shape index (κ2) is 4.38. The fourth-order valence-electron chi connectivity index (χ4n) is 1.47. The van der Waals surface area contributed by atoms with Crippen LogP contribution < -0.4 is 0 Å². The van der Waals surface area contributed by atoms with Crippen molar-refractivity contribution in [1.29, 1.82) is 0 Å². The minimum atomic E-state index is -0.0174. The monoisotopic (exact) mass is 194 g/mol. The fraction of sp³-hybridized carbons (Fsp3) is 0.364. The molecule has 0 amide bonds. The highest BCUT2D eigenvalue weighted by molar-refractivity contribution is 7.80.